The molecule has 1 aromatic rings. The smallest absolute Gasteiger partial charge is 0.287 e. The molecule has 0 unspecified atom stereocenters. The molecule has 0 aromatic heterocycles. The molecular formula is C12H14N2O4. The molecule has 6 nitrogen and oxygen atoms in total. The number of benzene rings is 1. The average Bonchev–Trinajstić information content (AvgIpc) is 2.33. The molecule has 0 spiro atoms. The molecule has 0 aliphatic rings. The minimum Gasteiger partial charge on any atom is -0.491 e. The van der Waals surface area contributed by atoms with Crippen LogP contribution in [0, 0.1) is 21.4 Å². The van der Waals surface area contributed by atoms with Crippen molar-refractivity contribution >= 4 is 5.69 Å². The van der Waals surface area contributed by atoms with Crippen molar-refractivity contribution < 1.29 is 14.4 Å². The normalized spacial score (nSPS) is 10.1. The summed E-state index contributed by atoms with van der Waals surface area (Å²) in [6, 6.07) is 5.86. The Balaban J connectivity index is 2.63. The zero-order chi connectivity index (χ0) is 13.5. The van der Waals surface area contributed by atoms with Gasteiger partial charge in [0.05, 0.1) is 17.6 Å². The van der Waals surface area contributed by atoms with Gasteiger partial charge in [-0.1, -0.05) is 0 Å². The quantitative estimate of drug-likeness (QED) is 0.439. The van der Waals surface area contributed by atoms with Crippen LogP contribution < -0.4 is 4.74 Å². The molecule has 0 saturated heterocycles. The van der Waals surface area contributed by atoms with Gasteiger partial charge in [-0.15, -0.1) is 0 Å². The van der Waals surface area contributed by atoms with Gasteiger partial charge in [0, 0.05) is 12.1 Å². The van der Waals surface area contributed by atoms with Crippen LogP contribution in [-0.2, 0) is 4.74 Å². The largest absolute Gasteiger partial charge is 0.491 e. The molecule has 0 aliphatic heterocycles. The van der Waals surface area contributed by atoms with Gasteiger partial charge in [-0.05, 0) is 19.9 Å². The van der Waals surface area contributed by atoms with Crippen LogP contribution in [0.5, 0.6) is 5.75 Å². The molecule has 0 fully saturated rings. The summed E-state index contributed by atoms with van der Waals surface area (Å²) in [5, 5.41) is 19.4. The number of nitrogens with zero attached hydrogens (tertiary/aromatic N) is 2. The Hall–Kier alpha value is -2.13. The van der Waals surface area contributed by atoms with E-state index < -0.39 is 4.92 Å². The van der Waals surface area contributed by atoms with Crippen LogP contribution >= 0.6 is 0 Å². The van der Waals surface area contributed by atoms with Crippen LogP contribution in [0.1, 0.15) is 19.4 Å². The van der Waals surface area contributed by atoms with E-state index in [1.807, 2.05) is 13.8 Å². The summed E-state index contributed by atoms with van der Waals surface area (Å²) in [5.74, 6) is 0.421. The van der Waals surface area contributed by atoms with Crippen molar-refractivity contribution in [2.75, 3.05) is 13.2 Å². The summed E-state index contributed by atoms with van der Waals surface area (Å²) in [4.78, 5) is 10.0. The van der Waals surface area contributed by atoms with Gasteiger partial charge in [0.2, 0.25) is 0 Å². The van der Waals surface area contributed by atoms with E-state index in [0.717, 1.165) is 0 Å². The number of nitro groups is 1. The van der Waals surface area contributed by atoms with Crippen molar-refractivity contribution in [3.8, 4) is 11.8 Å². The molecule has 0 bridgehead atoms. The Kier molecular flexibility index (Phi) is 5.08. The minimum atomic E-state index is -0.593. The molecule has 1 aromatic carbocycles. The maximum Gasteiger partial charge on any atom is 0.287 e. The maximum absolute atomic E-state index is 10.6. The van der Waals surface area contributed by atoms with Crippen LogP contribution in [0.2, 0.25) is 0 Å². The zero-order valence-electron chi connectivity index (χ0n) is 10.3. The molecule has 0 amide bonds. The molecule has 0 N–H and O–H groups in total. The van der Waals surface area contributed by atoms with Crippen molar-refractivity contribution in [1.29, 1.82) is 5.26 Å². The third kappa shape index (κ3) is 4.03. The van der Waals surface area contributed by atoms with E-state index in [1.165, 1.54) is 18.2 Å². The van der Waals surface area contributed by atoms with Gasteiger partial charge < -0.3 is 9.47 Å². The third-order valence-corrected chi connectivity index (χ3v) is 2.09. The van der Waals surface area contributed by atoms with Crippen molar-refractivity contribution in [3.05, 3.63) is 33.9 Å². The lowest BCUT2D eigenvalue weighted by Crippen LogP contribution is -2.11. The van der Waals surface area contributed by atoms with Crippen molar-refractivity contribution in [1.82, 2.24) is 0 Å². The molecule has 96 valence electrons. The Morgan fingerprint density at radius 1 is 1.44 bits per heavy atom. The molecule has 18 heavy (non-hydrogen) atoms. The zero-order valence-corrected chi connectivity index (χ0v) is 10.3. The fourth-order valence-electron chi connectivity index (χ4n) is 1.30. The van der Waals surface area contributed by atoms with Gasteiger partial charge >= 0.3 is 0 Å². The Morgan fingerprint density at radius 3 is 2.72 bits per heavy atom. The summed E-state index contributed by atoms with van der Waals surface area (Å²) in [7, 11) is 0. The highest BCUT2D eigenvalue weighted by molar-refractivity contribution is 5.52. The van der Waals surface area contributed by atoms with Gasteiger partial charge in [-0.25, -0.2) is 0 Å². The molecule has 0 saturated carbocycles. The molecule has 0 heterocycles. The van der Waals surface area contributed by atoms with E-state index in [9.17, 15) is 10.1 Å². The first-order valence-electron chi connectivity index (χ1n) is 5.47. The molecule has 6 heteroatoms. The number of ether oxygens (including phenoxy) is 2. The lowest BCUT2D eigenvalue weighted by atomic mass is 10.2. The highest BCUT2D eigenvalue weighted by Crippen LogP contribution is 2.23. The molecule has 1 rings (SSSR count). The summed E-state index contributed by atoms with van der Waals surface area (Å²) in [6.45, 7) is 4.59. The van der Waals surface area contributed by atoms with E-state index in [-0.39, 0.29) is 17.4 Å². The fourth-order valence-corrected chi connectivity index (χ4v) is 1.30. The predicted octanol–water partition coefficient (Wildman–Crippen LogP) is 2.27. The summed E-state index contributed by atoms with van der Waals surface area (Å²) in [6.07, 6.45) is 0.125. The lowest BCUT2D eigenvalue weighted by Gasteiger charge is -2.09. The minimum absolute atomic E-state index is 0.0118. The van der Waals surface area contributed by atoms with Gasteiger partial charge in [-0.3, -0.25) is 10.1 Å². The second-order valence-electron chi connectivity index (χ2n) is 3.82. The predicted molar refractivity (Wildman–Crippen MR) is 64.4 cm³/mol. The van der Waals surface area contributed by atoms with Gasteiger partial charge in [0.15, 0.2) is 0 Å². The Bertz CT molecular complexity index is 466. The van der Waals surface area contributed by atoms with Crippen LogP contribution in [0.3, 0.4) is 0 Å². The molecule has 0 aliphatic carbocycles. The highest BCUT2D eigenvalue weighted by Gasteiger charge is 2.14. The summed E-state index contributed by atoms with van der Waals surface area (Å²) < 4.78 is 10.6. The highest BCUT2D eigenvalue weighted by atomic mass is 16.6. The van der Waals surface area contributed by atoms with Crippen molar-refractivity contribution in [2.24, 2.45) is 0 Å². The maximum atomic E-state index is 10.6. The summed E-state index contributed by atoms with van der Waals surface area (Å²) in [5.41, 5.74) is -0.231. The van der Waals surface area contributed by atoms with Crippen LogP contribution in [0.15, 0.2) is 18.2 Å². The first-order valence-corrected chi connectivity index (χ1v) is 5.47. The van der Waals surface area contributed by atoms with Crippen LogP contribution in [0.4, 0.5) is 5.69 Å². The Morgan fingerprint density at radius 2 is 2.17 bits per heavy atom. The SMILES string of the molecule is CC(C)OCCOc1ccc([N+](=O)[O-])c(C#N)c1. The topological polar surface area (TPSA) is 85.4 Å². The van der Waals surface area contributed by atoms with Crippen molar-refractivity contribution in [3.63, 3.8) is 0 Å². The first-order chi connectivity index (χ1) is 8.54. The monoisotopic (exact) mass is 250 g/mol. The van der Waals surface area contributed by atoms with Crippen LogP contribution in [0.25, 0.3) is 0 Å². The standard InChI is InChI=1S/C12H14N2O4/c1-9(2)17-5-6-18-11-3-4-12(14(15)16)10(7-11)8-13/h3-4,7,9H,5-6H2,1-2H3. The van der Waals surface area contributed by atoms with Gasteiger partial charge in [0.25, 0.3) is 5.69 Å². The van der Waals surface area contributed by atoms with E-state index in [2.05, 4.69) is 0 Å². The fraction of sp³-hybridized carbons (Fsp3) is 0.417. The van der Waals surface area contributed by atoms with E-state index in [1.54, 1.807) is 6.07 Å². The number of rotatable bonds is 6. The van der Waals surface area contributed by atoms with Crippen molar-refractivity contribution in [2.45, 2.75) is 20.0 Å². The van der Waals surface area contributed by atoms with E-state index in [0.29, 0.717) is 19.0 Å². The number of hydrogen-bond acceptors (Lipinski definition) is 5. The van der Waals surface area contributed by atoms with Gasteiger partial charge in [-0.2, -0.15) is 5.26 Å². The third-order valence-electron chi connectivity index (χ3n) is 2.09. The van der Waals surface area contributed by atoms with E-state index >= 15 is 0 Å². The number of nitro benzene ring substituents is 1. The second-order valence-corrected chi connectivity index (χ2v) is 3.82. The van der Waals surface area contributed by atoms with Crippen LogP contribution in [-0.4, -0.2) is 24.2 Å². The first kappa shape index (κ1) is 13.9. The van der Waals surface area contributed by atoms with E-state index in [4.69, 9.17) is 14.7 Å². The second kappa shape index (κ2) is 6.57. The molecular weight excluding hydrogens is 236 g/mol. The average molecular weight is 250 g/mol. The molecule has 0 radical (unpaired) electrons. The molecule has 0 atom stereocenters. The lowest BCUT2D eigenvalue weighted by molar-refractivity contribution is -0.385. The van der Waals surface area contributed by atoms with Gasteiger partial charge in [0.1, 0.15) is 24.0 Å². The number of nitriles is 1. The Labute approximate surface area is 105 Å². The number of hydrogen-bond donors (Lipinski definition) is 0. The summed E-state index contributed by atoms with van der Waals surface area (Å²) >= 11 is 0.